The number of allylic oxidation sites excluding steroid dienone is 3. The van der Waals surface area contributed by atoms with Crippen LogP contribution in [0.4, 0.5) is 0 Å². The lowest BCUT2D eigenvalue weighted by molar-refractivity contribution is -0.132. The molecular formula is C24H26O2. The Kier molecular flexibility index (Phi) is 13.2. The van der Waals surface area contributed by atoms with Crippen molar-refractivity contribution in [3.05, 3.63) is 123 Å². The highest BCUT2D eigenvalue weighted by Crippen LogP contribution is 2.08. The van der Waals surface area contributed by atoms with Gasteiger partial charge in [0.1, 0.15) is 0 Å². The second-order valence-electron chi connectivity index (χ2n) is 4.96. The first-order valence-corrected chi connectivity index (χ1v) is 8.04. The van der Waals surface area contributed by atoms with Crippen LogP contribution in [0.3, 0.4) is 0 Å². The number of ether oxygens (including phenoxy) is 1. The number of carbonyl (C=O) groups excluding carboxylic acids is 1. The molecular weight excluding hydrogens is 320 g/mol. The Morgan fingerprint density at radius 1 is 0.923 bits per heavy atom. The minimum atomic E-state index is -0.440. The molecule has 0 saturated carbocycles. The minimum Gasteiger partial charge on any atom is -0.432 e. The highest BCUT2D eigenvalue weighted by molar-refractivity contribution is 5.82. The molecule has 26 heavy (non-hydrogen) atoms. The number of esters is 1. The highest BCUT2D eigenvalue weighted by Gasteiger charge is 1.87. The van der Waals surface area contributed by atoms with Crippen molar-refractivity contribution in [2.24, 2.45) is 0 Å². The van der Waals surface area contributed by atoms with Gasteiger partial charge in [-0.05, 0) is 18.1 Å². The van der Waals surface area contributed by atoms with Crippen molar-refractivity contribution in [2.75, 3.05) is 0 Å². The molecule has 0 atom stereocenters. The smallest absolute Gasteiger partial charge is 0.335 e. The van der Waals surface area contributed by atoms with Crippen molar-refractivity contribution in [3.8, 4) is 0 Å². The lowest BCUT2D eigenvalue weighted by Gasteiger charge is -1.94. The second kappa shape index (κ2) is 15.2. The van der Waals surface area contributed by atoms with Gasteiger partial charge in [0.05, 0.1) is 6.26 Å². The van der Waals surface area contributed by atoms with Crippen LogP contribution in [0, 0.1) is 0 Å². The Balaban J connectivity index is 0.000000361. The van der Waals surface area contributed by atoms with Crippen molar-refractivity contribution >= 4 is 17.6 Å². The van der Waals surface area contributed by atoms with E-state index in [1.807, 2.05) is 61.5 Å². The van der Waals surface area contributed by atoms with Gasteiger partial charge in [-0.25, -0.2) is 4.79 Å². The van der Waals surface area contributed by atoms with E-state index in [0.717, 1.165) is 11.8 Å². The summed E-state index contributed by atoms with van der Waals surface area (Å²) in [6, 6.07) is 20.2. The molecule has 2 aromatic carbocycles. The van der Waals surface area contributed by atoms with Gasteiger partial charge in [0.15, 0.2) is 0 Å². The van der Waals surface area contributed by atoms with Gasteiger partial charge in [0.2, 0.25) is 0 Å². The molecule has 0 aliphatic heterocycles. The Bertz CT molecular complexity index is 710. The monoisotopic (exact) mass is 346 g/mol. The quantitative estimate of drug-likeness (QED) is 0.268. The summed E-state index contributed by atoms with van der Waals surface area (Å²) < 4.78 is 4.33. The van der Waals surface area contributed by atoms with E-state index in [0.29, 0.717) is 0 Å². The van der Waals surface area contributed by atoms with Crippen molar-refractivity contribution in [2.45, 2.75) is 6.92 Å². The lowest BCUT2D eigenvalue weighted by atomic mass is 10.1. The molecule has 0 heterocycles. The first-order chi connectivity index (χ1) is 12.5. The molecule has 0 radical (unpaired) electrons. The largest absolute Gasteiger partial charge is 0.432 e. The van der Waals surface area contributed by atoms with Gasteiger partial charge >= 0.3 is 5.97 Å². The maximum atomic E-state index is 10.4. The summed E-state index contributed by atoms with van der Waals surface area (Å²) in [7, 11) is 0. The third-order valence-electron chi connectivity index (χ3n) is 2.87. The van der Waals surface area contributed by atoms with Gasteiger partial charge in [-0.3, -0.25) is 0 Å². The van der Waals surface area contributed by atoms with Crippen molar-refractivity contribution in [1.29, 1.82) is 0 Å². The first kappa shape index (κ1) is 22.6. The molecule has 0 spiro atoms. The summed E-state index contributed by atoms with van der Waals surface area (Å²) in [5, 5.41) is 0. The predicted octanol–water partition coefficient (Wildman–Crippen LogP) is 6.46. The Hall–Kier alpha value is -3.39. The molecule has 2 aromatic rings. The van der Waals surface area contributed by atoms with Crippen molar-refractivity contribution in [1.82, 2.24) is 0 Å². The lowest BCUT2D eigenvalue weighted by Crippen LogP contribution is -1.91. The molecule has 2 nitrogen and oxygen atoms in total. The zero-order valence-electron chi connectivity index (χ0n) is 15.3. The molecule has 0 aliphatic carbocycles. The highest BCUT2D eigenvalue weighted by atomic mass is 16.5. The van der Waals surface area contributed by atoms with Crippen LogP contribution < -0.4 is 0 Å². The van der Waals surface area contributed by atoms with E-state index in [2.05, 4.69) is 43.2 Å². The van der Waals surface area contributed by atoms with E-state index >= 15 is 0 Å². The van der Waals surface area contributed by atoms with Gasteiger partial charge in [-0.15, -0.1) is 0 Å². The fraction of sp³-hybridized carbons (Fsp3) is 0.0417. The summed E-state index contributed by atoms with van der Waals surface area (Å²) in [4.78, 5) is 10.4. The number of hydrogen-bond acceptors (Lipinski definition) is 2. The Labute approximate surface area is 157 Å². The number of carbonyl (C=O) groups is 1. The number of hydrogen-bond donors (Lipinski definition) is 0. The zero-order valence-corrected chi connectivity index (χ0v) is 15.3. The van der Waals surface area contributed by atoms with E-state index < -0.39 is 5.97 Å². The van der Waals surface area contributed by atoms with Gasteiger partial charge in [0.25, 0.3) is 0 Å². The second-order valence-corrected chi connectivity index (χ2v) is 4.96. The molecule has 0 N–H and O–H groups in total. The fourth-order valence-electron chi connectivity index (χ4n) is 1.58. The van der Waals surface area contributed by atoms with Crippen LogP contribution in [-0.4, -0.2) is 5.97 Å². The molecule has 0 fully saturated rings. The van der Waals surface area contributed by atoms with Crippen molar-refractivity contribution < 1.29 is 9.53 Å². The van der Waals surface area contributed by atoms with Crippen molar-refractivity contribution in [3.63, 3.8) is 0 Å². The fourth-order valence-corrected chi connectivity index (χ4v) is 1.58. The molecule has 0 amide bonds. The molecule has 2 rings (SSSR count). The molecule has 134 valence electrons. The standard InChI is InChI=1S/C9H10.C8H8.C7H8O2/c1-8(2)9-6-4-3-5-7-9;1-2-8-6-4-3-5-7-8;1-3-5-6-7(8)9-4-2/h3-7H,1H2,2H3;2-7H,1H2;3-6H,1-2H2. The summed E-state index contributed by atoms with van der Waals surface area (Å²) >= 11 is 0. The van der Waals surface area contributed by atoms with Gasteiger partial charge in [0, 0.05) is 6.08 Å². The van der Waals surface area contributed by atoms with Gasteiger partial charge < -0.3 is 4.74 Å². The van der Waals surface area contributed by atoms with Crippen LogP contribution in [0.1, 0.15) is 18.1 Å². The van der Waals surface area contributed by atoms with Crippen LogP contribution in [0.5, 0.6) is 0 Å². The summed E-state index contributed by atoms with van der Waals surface area (Å²) in [6.07, 6.45) is 7.15. The van der Waals surface area contributed by atoms with Crippen LogP contribution >= 0.6 is 0 Å². The summed E-state index contributed by atoms with van der Waals surface area (Å²) in [6.45, 7) is 16.0. The van der Waals surface area contributed by atoms with Crippen LogP contribution in [0.25, 0.3) is 11.6 Å². The van der Waals surface area contributed by atoms with Crippen LogP contribution in [-0.2, 0) is 9.53 Å². The van der Waals surface area contributed by atoms with Crippen LogP contribution in [0.15, 0.2) is 111 Å². The minimum absolute atomic E-state index is 0.440. The molecule has 0 bridgehead atoms. The normalized spacial score (nSPS) is 8.81. The third kappa shape index (κ3) is 12.1. The Morgan fingerprint density at radius 3 is 1.81 bits per heavy atom. The molecule has 2 heteroatoms. The van der Waals surface area contributed by atoms with Gasteiger partial charge in [-0.2, -0.15) is 0 Å². The Morgan fingerprint density at radius 2 is 1.46 bits per heavy atom. The van der Waals surface area contributed by atoms with E-state index in [-0.39, 0.29) is 0 Å². The predicted molar refractivity (Wildman–Crippen MR) is 113 cm³/mol. The molecule has 0 saturated heterocycles. The topological polar surface area (TPSA) is 26.3 Å². The average Bonchev–Trinajstić information content (AvgIpc) is 2.69. The summed E-state index contributed by atoms with van der Waals surface area (Å²) in [5.74, 6) is -0.440. The van der Waals surface area contributed by atoms with E-state index in [4.69, 9.17) is 0 Å². The average molecular weight is 346 g/mol. The number of benzene rings is 2. The zero-order chi connectivity index (χ0) is 19.6. The summed E-state index contributed by atoms with van der Waals surface area (Å²) in [5.41, 5.74) is 3.51. The van der Waals surface area contributed by atoms with E-state index in [1.54, 1.807) is 0 Å². The van der Waals surface area contributed by atoms with Crippen LogP contribution in [0.2, 0.25) is 0 Å². The molecule has 0 aliphatic rings. The maximum absolute atomic E-state index is 10.4. The molecule has 0 aromatic heterocycles. The first-order valence-electron chi connectivity index (χ1n) is 8.04. The van der Waals surface area contributed by atoms with E-state index in [9.17, 15) is 4.79 Å². The number of rotatable bonds is 5. The van der Waals surface area contributed by atoms with Gasteiger partial charge in [-0.1, -0.05) is 111 Å². The maximum Gasteiger partial charge on any atom is 0.335 e. The van der Waals surface area contributed by atoms with E-state index in [1.165, 1.54) is 29.4 Å². The third-order valence-corrected chi connectivity index (χ3v) is 2.87. The molecule has 0 unspecified atom stereocenters. The SMILES string of the molecule is C=C(C)c1ccccc1.C=CC=CC(=O)OC=C.C=Cc1ccccc1.